The fourth-order valence-electron chi connectivity index (χ4n) is 10.1. The van der Waals surface area contributed by atoms with Crippen LogP contribution in [0.5, 0.6) is 12.0 Å². The maximum atomic E-state index is 12.7. The fraction of sp³-hybridized carbons (Fsp3) is 0.551. The highest BCUT2D eigenvalue weighted by atomic mass is 16.5. The maximum absolute atomic E-state index is 12.7. The molecule has 6 heterocycles. The molecule has 4 aliphatic heterocycles. The van der Waals surface area contributed by atoms with Gasteiger partial charge in [0, 0.05) is 64.9 Å². The molecule has 16 heteroatoms. The Hall–Kier alpha value is -5.74. The van der Waals surface area contributed by atoms with E-state index in [1.165, 1.54) is 53.6 Å². The molecular formula is C49H66N12O4. The maximum Gasteiger partial charge on any atom is 0.320 e. The van der Waals surface area contributed by atoms with Crippen LogP contribution in [0, 0.1) is 11.8 Å². The number of hydrogen-bond donors (Lipinski definition) is 3. The van der Waals surface area contributed by atoms with Gasteiger partial charge in [0.2, 0.25) is 12.3 Å². The second kappa shape index (κ2) is 19.8. The van der Waals surface area contributed by atoms with Gasteiger partial charge in [0.15, 0.2) is 23.3 Å². The average Bonchev–Trinajstić information content (AvgIpc) is 3.28. The number of anilines is 6. The van der Waals surface area contributed by atoms with Gasteiger partial charge in [-0.2, -0.15) is 19.9 Å². The van der Waals surface area contributed by atoms with Crippen molar-refractivity contribution < 1.29 is 19.1 Å². The van der Waals surface area contributed by atoms with E-state index in [2.05, 4.69) is 92.1 Å². The Morgan fingerprint density at radius 3 is 2.22 bits per heavy atom. The van der Waals surface area contributed by atoms with Gasteiger partial charge in [-0.15, -0.1) is 0 Å². The lowest BCUT2D eigenvalue weighted by Gasteiger charge is -2.36. The van der Waals surface area contributed by atoms with Gasteiger partial charge in [-0.3, -0.25) is 19.4 Å². The summed E-state index contributed by atoms with van der Waals surface area (Å²) in [6, 6.07) is 14.4. The Balaban J connectivity index is 0.795. The van der Waals surface area contributed by atoms with Crippen molar-refractivity contribution in [3.05, 3.63) is 69.8 Å². The van der Waals surface area contributed by atoms with E-state index in [9.17, 15) is 9.59 Å². The standard InChI is InChI=1S/C49H66N12O4/c1-4-5-20-64-48-53-44(50)42-46(55-48)61(30-41(63)52-42)27-36-10-12-38-14-17-58(29-40(38)24-36)33(3)22-32(2)15-21-65-49-54-45(51)43-47(56-49)59(18-19-60(43)31-62)26-35-9-11-37-13-16-57(28-39(37)23-35)25-34-7-6-8-34/h9-12,23-24,31-34H,4-8,13-22,25-30H2,1-3H3,(H,52,63)(H2,50,53,55)(H2,51,54,56). The van der Waals surface area contributed by atoms with Crippen LogP contribution in [0.25, 0.3) is 0 Å². The number of ether oxygens (including phenoxy) is 2. The van der Waals surface area contributed by atoms with Crippen LogP contribution in [-0.2, 0) is 48.6 Å². The monoisotopic (exact) mass is 887 g/mol. The van der Waals surface area contributed by atoms with E-state index < -0.39 is 0 Å². The molecule has 2 amide bonds. The minimum absolute atomic E-state index is 0.149. The molecule has 1 saturated carbocycles. The third kappa shape index (κ3) is 10.2. The van der Waals surface area contributed by atoms with Crippen molar-refractivity contribution in [1.29, 1.82) is 0 Å². The van der Waals surface area contributed by atoms with Gasteiger partial charge in [-0.1, -0.05) is 63.1 Å². The van der Waals surface area contributed by atoms with Crippen LogP contribution in [0.15, 0.2) is 36.4 Å². The van der Waals surface area contributed by atoms with Gasteiger partial charge < -0.3 is 41.0 Å². The summed E-state index contributed by atoms with van der Waals surface area (Å²) in [7, 11) is 0. The number of carbonyl (C=O) groups is 2. The Morgan fingerprint density at radius 2 is 1.49 bits per heavy atom. The predicted octanol–water partition coefficient (Wildman–Crippen LogP) is 5.95. The molecule has 0 radical (unpaired) electrons. The second-order valence-corrected chi connectivity index (χ2v) is 19.0. The third-order valence-electron chi connectivity index (χ3n) is 14.1. The van der Waals surface area contributed by atoms with E-state index in [1.807, 2.05) is 4.90 Å². The molecule has 2 aromatic carbocycles. The number of nitrogen functional groups attached to an aromatic ring is 2. The van der Waals surface area contributed by atoms with Crippen molar-refractivity contribution >= 4 is 47.0 Å². The largest absolute Gasteiger partial charge is 0.463 e. The Kier molecular flexibility index (Phi) is 13.5. The summed E-state index contributed by atoms with van der Waals surface area (Å²) in [6.45, 7) is 15.3. The molecule has 9 rings (SSSR count). The molecular weight excluding hydrogens is 821 g/mol. The lowest BCUT2D eigenvalue weighted by molar-refractivity contribution is -0.115. The van der Waals surface area contributed by atoms with E-state index in [4.69, 9.17) is 25.9 Å². The molecule has 0 spiro atoms. The molecule has 0 saturated heterocycles. The van der Waals surface area contributed by atoms with Crippen LogP contribution in [-0.4, -0.2) is 101 Å². The highest BCUT2D eigenvalue weighted by Gasteiger charge is 2.31. The van der Waals surface area contributed by atoms with E-state index in [0.717, 1.165) is 82.6 Å². The van der Waals surface area contributed by atoms with Crippen LogP contribution in [0.3, 0.4) is 0 Å². The summed E-state index contributed by atoms with van der Waals surface area (Å²) in [5.74, 6) is 2.77. The van der Waals surface area contributed by atoms with Gasteiger partial charge in [0.1, 0.15) is 11.4 Å². The van der Waals surface area contributed by atoms with Gasteiger partial charge >= 0.3 is 12.0 Å². The zero-order valence-corrected chi connectivity index (χ0v) is 38.4. The van der Waals surface area contributed by atoms with Crippen LogP contribution >= 0.6 is 0 Å². The van der Waals surface area contributed by atoms with Gasteiger partial charge in [-0.05, 0) is 97.1 Å². The number of aromatic nitrogens is 4. The molecule has 5 N–H and O–H groups in total. The lowest BCUT2D eigenvalue weighted by Crippen LogP contribution is -2.41. The number of nitrogens with one attached hydrogen (secondary N) is 1. The Bertz CT molecular complexity index is 2360. The summed E-state index contributed by atoms with van der Waals surface area (Å²) >= 11 is 0. The molecule has 16 nitrogen and oxygen atoms in total. The van der Waals surface area contributed by atoms with Crippen molar-refractivity contribution in [3.8, 4) is 12.0 Å². The number of amides is 2. The Labute approximate surface area is 383 Å². The first-order valence-corrected chi connectivity index (χ1v) is 23.9. The van der Waals surface area contributed by atoms with Gasteiger partial charge in [-0.25, -0.2) is 0 Å². The van der Waals surface area contributed by atoms with Gasteiger partial charge in [0.25, 0.3) is 0 Å². The van der Waals surface area contributed by atoms with Crippen LogP contribution < -0.4 is 41.0 Å². The molecule has 2 unspecified atom stereocenters. The number of nitrogens with two attached hydrogens (primary N) is 2. The first-order chi connectivity index (χ1) is 31.6. The molecule has 1 fully saturated rings. The molecule has 4 aromatic rings. The Morgan fingerprint density at radius 1 is 0.800 bits per heavy atom. The van der Waals surface area contributed by atoms with E-state index in [1.54, 1.807) is 4.90 Å². The van der Waals surface area contributed by atoms with Gasteiger partial charge in [0.05, 0.1) is 19.8 Å². The quantitative estimate of drug-likeness (QED) is 0.0787. The number of unbranched alkanes of at least 4 members (excludes halogenated alkanes) is 1. The average molecular weight is 887 g/mol. The third-order valence-corrected chi connectivity index (χ3v) is 14.1. The van der Waals surface area contributed by atoms with Crippen molar-refractivity contribution in [2.24, 2.45) is 11.8 Å². The number of carbonyl (C=O) groups excluding carboxylic acids is 2. The zero-order chi connectivity index (χ0) is 45.0. The topological polar surface area (TPSA) is 184 Å². The first-order valence-electron chi connectivity index (χ1n) is 23.9. The predicted molar refractivity (Wildman–Crippen MR) is 254 cm³/mol. The first kappa shape index (κ1) is 44.5. The minimum Gasteiger partial charge on any atom is -0.463 e. The number of nitrogens with zero attached hydrogens (tertiary/aromatic N) is 9. The summed E-state index contributed by atoms with van der Waals surface area (Å²) in [6.07, 6.45) is 10.7. The van der Waals surface area contributed by atoms with Crippen molar-refractivity contribution in [3.63, 3.8) is 0 Å². The molecule has 0 bridgehead atoms. The van der Waals surface area contributed by atoms with Crippen molar-refractivity contribution in [2.45, 2.75) is 111 Å². The molecule has 2 aromatic heterocycles. The van der Waals surface area contributed by atoms with Crippen molar-refractivity contribution in [1.82, 2.24) is 29.7 Å². The number of fused-ring (bicyclic) bond motifs is 4. The van der Waals surface area contributed by atoms with E-state index in [-0.39, 0.29) is 36.1 Å². The van der Waals surface area contributed by atoms with Crippen LogP contribution in [0.4, 0.5) is 34.6 Å². The SMILES string of the molecule is CCCCOc1nc(N)c2c(n1)N(Cc1ccc3c(c1)CN(C(C)CC(C)CCOc1nc(N)c4c(n1)N(Cc1ccc5c(c1)CN(CC1CCC1)CC5)CCN4C=O)CC3)CC(=O)N2. The minimum atomic E-state index is -0.149. The summed E-state index contributed by atoms with van der Waals surface area (Å²) < 4.78 is 12.0. The highest BCUT2D eigenvalue weighted by Crippen LogP contribution is 2.38. The summed E-state index contributed by atoms with van der Waals surface area (Å²) in [5.41, 5.74) is 21.7. The fourth-order valence-corrected chi connectivity index (χ4v) is 10.1. The molecule has 1 aliphatic carbocycles. The molecule has 2 atom stereocenters. The normalized spacial score (nSPS) is 18.4. The number of rotatable bonds is 18. The zero-order valence-electron chi connectivity index (χ0n) is 38.4. The van der Waals surface area contributed by atoms with E-state index >= 15 is 0 Å². The molecule has 65 heavy (non-hydrogen) atoms. The number of hydrogen-bond acceptors (Lipinski definition) is 14. The van der Waals surface area contributed by atoms with Crippen LogP contribution in [0.2, 0.25) is 0 Å². The smallest absolute Gasteiger partial charge is 0.320 e. The molecule has 346 valence electrons. The lowest BCUT2D eigenvalue weighted by atomic mass is 9.84. The van der Waals surface area contributed by atoms with Crippen molar-refractivity contribution in [2.75, 3.05) is 84.0 Å². The molecule has 5 aliphatic rings. The number of benzene rings is 2. The second-order valence-electron chi connectivity index (χ2n) is 19.0. The van der Waals surface area contributed by atoms with E-state index in [0.29, 0.717) is 74.4 Å². The summed E-state index contributed by atoms with van der Waals surface area (Å²) in [5, 5.41) is 2.86. The summed E-state index contributed by atoms with van der Waals surface area (Å²) in [4.78, 5) is 54.2. The van der Waals surface area contributed by atoms with Crippen LogP contribution in [0.1, 0.15) is 99.1 Å². The highest BCUT2D eigenvalue weighted by molar-refractivity contribution is 6.03.